The SMILES string of the molecule is O=C(NC1CC(=O)N(Cc2cccc(-c3ccc([C@@H]4O[C@H](CN5CCC[C@H]5CO)C[C@H](c5ccc(CO)cc5)O4)cc3)c2)C1=O)OCc1ccccc1. The van der Waals surface area contributed by atoms with Crippen LogP contribution >= 0.6 is 0 Å². The van der Waals surface area contributed by atoms with Gasteiger partial charge in [-0.05, 0) is 58.8 Å². The Hall–Kier alpha value is -4.91. The highest BCUT2D eigenvalue weighted by molar-refractivity contribution is 6.06. The highest BCUT2D eigenvalue weighted by Crippen LogP contribution is 2.39. The standard InChI is InChI=1S/C42H45N3O8/c46-25-28-11-13-32(14-12-28)38-21-36(24-44-19-5-10-35(44)26-47)52-41(53-38)33-17-15-31(16-18-33)34-9-4-8-30(20-34)23-45-39(48)22-37(40(45)49)43-42(50)51-27-29-6-2-1-3-7-29/h1-4,6-9,11-18,20,35-38,41,46-47H,5,10,19,21-27H2,(H,43,50)/t35-,36-,37?,38+,41+/m0/s1. The molecule has 0 saturated carbocycles. The third-order valence-corrected chi connectivity index (χ3v) is 10.3. The van der Waals surface area contributed by atoms with E-state index < -0.39 is 24.3 Å². The molecule has 0 aliphatic carbocycles. The van der Waals surface area contributed by atoms with E-state index in [0.717, 1.165) is 58.3 Å². The number of benzene rings is 4. The summed E-state index contributed by atoms with van der Waals surface area (Å²) in [5.41, 5.74) is 6.20. The number of alkyl carbamates (subject to hydrolysis) is 1. The smallest absolute Gasteiger partial charge is 0.408 e. The van der Waals surface area contributed by atoms with Gasteiger partial charge in [0.25, 0.3) is 5.91 Å². The first-order valence-electron chi connectivity index (χ1n) is 18.2. The van der Waals surface area contributed by atoms with E-state index >= 15 is 0 Å². The maximum Gasteiger partial charge on any atom is 0.408 e. The van der Waals surface area contributed by atoms with E-state index in [9.17, 15) is 24.6 Å². The van der Waals surface area contributed by atoms with Crippen LogP contribution in [0.5, 0.6) is 0 Å². The normalized spacial score (nSPS) is 23.4. The topological polar surface area (TPSA) is 138 Å². The van der Waals surface area contributed by atoms with Crippen LogP contribution in [0.3, 0.4) is 0 Å². The zero-order valence-electron chi connectivity index (χ0n) is 29.5. The number of carbonyl (C=O) groups excluding carboxylic acids is 3. The summed E-state index contributed by atoms with van der Waals surface area (Å²) in [5.74, 6) is -0.824. The molecular weight excluding hydrogens is 674 g/mol. The van der Waals surface area contributed by atoms with Crippen molar-refractivity contribution in [2.24, 2.45) is 0 Å². The van der Waals surface area contributed by atoms with Crippen molar-refractivity contribution in [3.05, 3.63) is 131 Å². The van der Waals surface area contributed by atoms with Gasteiger partial charge in [-0.15, -0.1) is 0 Å². The summed E-state index contributed by atoms with van der Waals surface area (Å²) in [6.45, 7) is 1.90. The lowest BCUT2D eigenvalue weighted by Gasteiger charge is -2.38. The average molecular weight is 720 g/mol. The fraction of sp³-hybridized carbons (Fsp3) is 0.357. The van der Waals surface area contributed by atoms with Gasteiger partial charge < -0.3 is 29.7 Å². The highest BCUT2D eigenvalue weighted by Gasteiger charge is 2.40. The fourth-order valence-electron chi connectivity index (χ4n) is 7.37. The molecule has 3 N–H and O–H groups in total. The summed E-state index contributed by atoms with van der Waals surface area (Å²) in [7, 11) is 0. The van der Waals surface area contributed by atoms with Gasteiger partial charge in [0, 0.05) is 24.6 Å². The van der Waals surface area contributed by atoms with Crippen molar-refractivity contribution in [1.82, 2.24) is 15.1 Å². The van der Waals surface area contributed by atoms with Gasteiger partial charge in [0.1, 0.15) is 12.6 Å². The first-order chi connectivity index (χ1) is 25.9. The van der Waals surface area contributed by atoms with Crippen molar-refractivity contribution >= 4 is 17.9 Å². The number of aliphatic hydroxyl groups is 2. The summed E-state index contributed by atoms with van der Waals surface area (Å²) < 4.78 is 18.4. The van der Waals surface area contributed by atoms with Gasteiger partial charge in [-0.2, -0.15) is 0 Å². The Morgan fingerprint density at radius 3 is 2.34 bits per heavy atom. The third-order valence-electron chi connectivity index (χ3n) is 10.3. The molecule has 3 saturated heterocycles. The maximum atomic E-state index is 13.2. The lowest BCUT2D eigenvalue weighted by atomic mass is 9.98. The number of carbonyl (C=O) groups is 3. The zero-order valence-corrected chi connectivity index (χ0v) is 29.5. The lowest BCUT2D eigenvalue weighted by molar-refractivity contribution is -0.253. The molecule has 4 aromatic carbocycles. The molecule has 11 nitrogen and oxygen atoms in total. The second kappa shape index (κ2) is 16.8. The van der Waals surface area contributed by atoms with Crippen molar-refractivity contribution in [2.45, 2.75) is 76.0 Å². The van der Waals surface area contributed by atoms with E-state index in [1.807, 2.05) is 103 Å². The van der Waals surface area contributed by atoms with E-state index in [2.05, 4.69) is 10.2 Å². The Morgan fingerprint density at radius 2 is 1.58 bits per heavy atom. The molecule has 3 aliphatic heterocycles. The van der Waals surface area contributed by atoms with Gasteiger partial charge in [-0.1, -0.05) is 97.1 Å². The Labute approximate surface area is 309 Å². The summed E-state index contributed by atoms with van der Waals surface area (Å²) >= 11 is 0. The maximum absolute atomic E-state index is 13.2. The predicted molar refractivity (Wildman–Crippen MR) is 196 cm³/mol. The minimum Gasteiger partial charge on any atom is -0.445 e. The number of nitrogens with zero attached hydrogens (tertiary/aromatic N) is 2. The summed E-state index contributed by atoms with van der Waals surface area (Å²) in [6, 6.07) is 31.9. The number of nitrogens with one attached hydrogen (secondary N) is 1. The minimum absolute atomic E-state index is 0.0205. The van der Waals surface area contributed by atoms with Gasteiger partial charge in [-0.25, -0.2) is 4.79 Å². The predicted octanol–water partition coefficient (Wildman–Crippen LogP) is 5.40. The summed E-state index contributed by atoms with van der Waals surface area (Å²) in [4.78, 5) is 41.9. The number of aliphatic hydroxyl groups excluding tert-OH is 2. The molecule has 5 atom stereocenters. The summed E-state index contributed by atoms with van der Waals surface area (Å²) in [5, 5.41) is 22.0. The molecule has 0 spiro atoms. The van der Waals surface area contributed by atoms with Crippen LogP contribution in [0.4, 0.5) is 4.79 Å². The van der Waals surface area contributed by atoms with Crippen LogP contribution in [0.1, 0.15) is 65.9 Å². The Morgan fingerprint density at radius 1 is 0.830 bits per heavy atom. The monoisotopic (exact) mass is 719 g/mol. The Kier molecular flexibility index (Phi) is 11.6. The molecule has 53 heavy (non-hydrogen) atoms. The number of rotatable bonds is 12. The van der Waals surface area contributed by atoms with Crippen molar-refractivity contribution in [3.63, 3.8) is 0 Å². The second-order valence-corrected chi connectivity index (χ2v) is 13.9. The molecule has 1 unspecified atom stereocenters. The molecule has 276 valence electrons. The number of amides is 3. The molecule has 7 rings (SSSR count). The average Bonchev–Trinajstić information content (AvgIpc) is 3.76. The lowest BCUT2D eigenvalue weighted by Crippen LogP contribution is -2.42. The molecule has 4 aromatic rings. The van der Waals surface area contributed by atoms with E-state index in [1.54, 1.807) is 0 Å². The molecule has 3 aliphatic rings. The number of hydrogen-bond donors (Lipinski definition) is 3. The van der Waals surface area contributed by atoms with Crippen LogP contribution in [-0.2, 0) is 43.6 Å². The molecular formula is C42H45N3O8. The number of ether oxygens (including phenoxy) is 3. The molecule has 11 heteroatoms. The van der Waals surface area contributed by atoms with Crippen molar-refractivity contribution in [1.29, 1.82) is 0 Å². The number of likely N-dealkylation sites (tertiary alicyclic amines) is 2. The van der Waals surface area contributed by atoms with Crippen molar-refractivity contribution in [2.75, 3.05) is 19.7 Å². The molecule has 0 bridgehead atoms. The Bertz CT molecular complexity index is 1870. The van der Waals surface area contributed by atoms with Crippen molar-refractivity contribution in [3.8, 4) is 11.1 Å². The third kappa shape index (κ3) is 8.84. The van der Waals surface area contributed by atoms with Gasteiger partial charge >= 0.3 is 6.09 Å². The first-order valence-corrected chi connectivity index (χ1v) is 18.2. The van der Waals surface area contributed by atoms with Gasteiger partial charge in [0.15, 0.2) is 6.29 Å². The first kappa shape index (κ1) is 36.4. The van der Waals surface area contributed by atoms with E-state index in [1.165, 1.54) is 4.90 Å². The minimum atomic E-state index is -0.976. The number of imide groups is 1. The quantitative estimate of drug-likeness (QED) is 0.164. The van der Waals surface area contributed by atoms with E-state index in [4.69, 9.17) is 14.2 Å². The second-order valence-electron chi connectivity index (χ2n) is 13.9. The number of hydrogen-bond acceptors (Lipinski definition) is 9. The van der Waals surface area contributed by atoms with Gasteiger partial charge in [0.05, 0.1) is 38.4 Å². The van der Waals surface area contributed by atoms with Crippen LogP contribution in [0, 0.1) is 0 Å². The molecule has 3 amide bonds. The zero-order chi connectivity index (χ0) is 36.7. The summed E-state index contributed by atoms with van der Waals surface area (Å²) in [6.07, 6.45) is 0.923. The van der Waals surface area contributed by atoms with Crippen LogP contribution in [-0.4, -0.2) is 75.8 Å². The van der Waals surface area contributed by atoms with Crippen LogP contribution in [0.2, 0.25) is 0 Å². The highest BCUT2D eigenvalue weighted by atomic mass is 16.7. The van der Waals surface area contributed by atoms with Gasteiger partial charge in [0.2, 0.25) is 5.91 Å². The molecule has 3 fully saturated rings. The van der Waals surface area contributed by atoms with E-state index in [0.29, 0.717) is 13.0 Å². The van der Waals surface area contributed by atoms with Gasteiger partial charge in [-0.3, -0.25) is 19.4 Å². The molecule has 0 aromatic heterocycles. The molecule has 3 heterocycles. The van der Waals surface area contributed by atoms with Crippen LogP contribution < -0.4 is 5.32 Å². The van der Waals surface area contributed by atoms with Crippen molar-refractivity contribution < 1.29 is 38.8 Å². The van der Waals surface area contributed by atoms with E-state index in [-0.39, 0.29) is 56.9 Å². The Balaban J connectivity index is 1.00. The fourth-order valence-corrected chi connectivity index (χ4v) is 7.37. The largest absolute Gasteiger partial charge is 0.445 e. The van der Waals surface area contributed by atoms with Crippen LogP contribution in [0.15, 0.2) is 103 Å². The molecule has 0 radical (unpaired) electrons. The van der Waals surface area contributed by atoms with Crippen LogP contribution in [0.25, 0.3) is 11.1 Å².